The first-order chi connectivity index (χ1) is 6.18. The standard InChI is InChI=1S/C9H18N2OS/c1-3-11-9(2,7-10)8-13-6-4-5-12/h11-12H,3-6,8H2,1-2H3. The molecular formula is C9H18N2OS. The first-order valence-electron chi connectivity index (χ1n) is 4.53. The van der Waals surface area contributed by atoms with Crippen molar-refractivity contribution in [3.63, 3.8) is 0 Å². The number of thioether (sulfide) groups is 1. The van der Waals surface area contributed by atoms with Gasteiger partial charge in [0.25, 0.3) is 0 Å². The Labute approximate surface area is 84.5 Å². The van der Waals surface area contributed by atoms with E-state index in [0.717, 1.165) is 24.5 Å². The fourth-order valence-electron chi connectivity index (χ4n) is 0.956. The summed E-state index contributed by atoms with van der Waals surface area (Å²) in [5.74, 6) is 1.69. The second-order valence-corrected chi connectivity index (χ2v) is 4.21. The maximum Gasteiger partial charge on any atom is 0.113 e. The van der Waals surface area contributed by atoms with Crippen LogP contribution in [-0.2, 0) is 0 Å². The molecule has 0 saturated carbocycles. The average molecular weight is 202 g/mol. The Balaban J connectivity index is 3.65. The summed E-state index contributed by atoms with van der Waals surface area (Å²) >= 11 is 1.70. The number of nitrogens with one attached hydrogen (secondary N) is 1. The highest BCUT2D eigenvalue weighted by Crippen LogP contribution is 2.12. The molecule has 1 atom stereocenters. The van der Waals surface area contributed by atoms with Crippen LogP contribution in [0.25, 0.3) is 0 Å². The number of hydrogen-bond donors (Lipinski definition) is 2. The Hall–Kier alpha value is -0.240. The summed E-state index contributed by atoms with van der Waals surface area (Å²) in [7, 11) is 0. The van der Waals surface area contributed by atoms with Gasteiger partial charge in [-0.1, -0.05) is 6.92 Å². The largest absolute Gasteiger partial charge is 0.396 e. The fourth-order valence-corrected chi connectivity index (χ4v) is 2.01. The summed E-state index contributed by atoms with van der Waals surface area (Å²) in [6.45, 7) is 4.94. The molecule has 0 rings (SSSR count). The van der Waals surface area contributed by atoms with E-state index in [9.17, 15) is 0 Å². The minimum atomic E-state index is -0.422. The minimum Gasteiger partial charge on any atom is -0.396 e. The SMILES string of the molecule is CCNC(C)(C#N)CSCCCO. The molecule has 0 aliphatic carbocycles. The van der Waals surface area contributed by atoms with Gasteiger partial charge in [-0.15, -0.1) is 0 Å². The smallest absolute Gasteiger partial charge is 0.113 e. The molecule has 0 saturated heterocycles. The van der Waals surface area contributed by atoms with Crippen LogP contribution in [0.3, 0.4) is 0 Å². The van der Waals surface area contributed by atoms with Gasteiger partial charge in [0.05, 0.1) is 6.07 Å². The van der Waals surface area contributed by atoms with Crippen molar-refractivity contribution in [3.8, 4) is 6.07 Å². The molecular weight excluding hydrogens is 184 g/mol. The van der Waals surface area contributed by atoms with Gasteiger partial charge in [0, 0.05) is 12.4 Å². The normalized spacial score (nSPS) is 14.9. The lowest BCUT2D eigenvalue weighted by Gasteiger charge is -2.21. The monoisotopic (exact) mass is 202 g/mol. The first kappa shape index (κ1) is 12.8. The highest BCUT2D eigenvalue weighted by molar-refractivity contribution is 7.99. The molecule has 13 heavy (non-hydrogen) atoms. The molecule has 2 N–H and O–H groups in total. The van der Waals surface area contributed by atoms with Gasteiger partial charge < -0.3 is 5.11 Å². The molecule has 0 heterocycles. The van der Waals surface area contributed by atoms with Crippen LogP contribution in [0.5, 0.6) is 0 Å². The van der Waals surface area contributed by atoms with E-state index in [1.807, 2.05) is 13.8 Å². The lowest BCUT2D eigenvalue weighted by atomic mass is 10.1. The predicted octanol–water partition coefficient (Wildman–Crippen LogP) is 0.994. The number of rotatable bonds is 7. The summed E-state index contributed by atoms with van der Waals surface area (Å²) in [5.41, 5.74) is -0.422. The van der Waals surface area contributed by atoms with Crippen molar-refractivity contribution in [3.05, 3.63) is 0 Å². The van der Waals surface area contributed by atoms with Crippen molar-refractivity contribution in [1.29, 1.82) is 5.26 Å². The first-order valence-corrected chi connectivity index (χ1v) is 5.69. The summed E-state index contributed by atoms with van der Waals surface area (Å²) in [6, 6.07) is 2.26. The molecule has 76 valence electrons. The van der Waals surface area contributed by atoms with Crippen LogP contribution >= 0.6 is 11.8 Å². The van der Waals surface area contributed by atoms with E-state index < -0.39 is 5.54 Å². The van der Waals surface area contributed by atoms with Crippen LogP contribution in [-0.4, -0.2) is 35.3 Å². The third kappa shape index (κ3) is 5.92. The van der Waals surface area contributed by atoms with Crippen LogP contribution in [0.1, 0.15) is 20.3 Å². The Morgan fingerprint density at radius 2 is 2.31 bits per heavy atom. The van der Waals surface area contributed by atoms with E-state index in [0.29, 0.717) is 0 Å². The predicted molar refractivity (Wildman–Crippen MR) is 56.7 cm³/mol. The van der Waals surface area contributed by atoms with Crippen molar-refractivity contribution in [2.24, 2.45) is 0 Å². The van der Waals surface area contributed by atoms with E-state index in [4.69, 9.17) is 10.4 Å². The molecule has 0 bridgehead atoms. The van der Waals surface area contributed by atoms with Crippen molar-refractivity contribution >= 4 is 11.8 Å². The van der Waals surface area contributed by atoms with E-state index >= 15 is 0 Å². The van der Waals surface area contributed by atoms with Gasteiger partial charge >= 0.3 is 0 Å². The van der Waals surface area contributed by atoms with Crippen LogP contribution in [0, 0.1) is 11.3 Å². The summed E-state index contributed by atoms with van der Waals surface area (Å²) < 4.78 is 0. The zero-order chi connectivity index (χ0) is 10.2. The Morgan fingerprint density at radius 1 is 1.62 bits per heavy atom. The molecule has 0 aliphatic rings. The molecule has 3 nitrogen and oxygen atoms in total. The summed E-state index contributed by atoms with van der Waals surface area (Å²) in [4.78, 5) is 0. The highest BCUT2D eigenvalue weighted by Gasteiger charge is 2.21. The molecule has 4 heteroatoms. The van der Waals surface area contributed by atoms with Gasteiger partial charge in [-0.2, -0.15) is 17.0 Å². The lowest BCUT2D eigenvalue weighted by molar-refractivity contribution is 0.296. The second-order valence-electron chi connectivity index (χ2n) is 3.10. The number of aliphatic hydroxyl groups is 1. The van der Waals surface area contributed by atoms with E-state index in [1.54, 1.807) is 11.8 Å². The van der Waals surface area contributed by atoms with E-state index in [-0.39, 0.29) is 6.61 Å². The van der Waals surface area contributed by atoms with Crippen molar-refractivity contribution in [1.82, 2.24) is 5.32 Å². The van der Waals surface area contributed by atoms with Crippen LogP contribution in [0.15, 0.2) is 0 Å². The van der Waals surface area contributed by atoms with Gasteiger partial charge in [-0.05, 0) is 25.6 Å². The molecule has 0 aromatic rings. The van der Waals surface area contributed by atoms with Crippen molar-refractivity contribution < 1.29 is 5.11 Å². The second kappa shape index (κ2) is 7.19. The van der Waals surface area contributed by atoms with E-state index in [2.05, 4.69) is 11.4 Å². The van der Waals surface area contributed by atoms with Gasteiger partial charge in [-0.25, -0.2) is 0 Å². The summed E-state index contributed by atoms with van der Waals surface area (Å²) in [6.07, 6.45) is 0.804. The molecule has 1 unspecified atom stereocenters. The average Bonchev–Trinajstić information content (AvgIpc) is 2.13. The Kier molecular flexibility index (Phi) is 7.06. The zero-order valence-corrected chi connectivity index (χ0v) is 9.15. The Bertz CT molecular complexity index is 169. The third-order valence-corrected chi connectivity index (χ3v) is 3.01. The van der Waals surface area contributed by atoms with Gasteiger partial charge in [0.15, 0.2) is 0 Å². The lowest BCUT2D eigenvalue weighted by Crippen LogP contribution is -2.43. The van der Waals surface area contributed by atoms with Crippen LogP contribution < -0.4 is 5.32 Å². The maximum absolute atomic E-state index is 8.90. The molecule has 0 amide bonds. The summed E-state index contributed by atoms with van der Waals surface area (Å²) in [5, 5.41) is 20.6. The van der Waals surface area contributed by atoms with Crippen LogP contribution in [0.2, 0.25) is 0 Å². The molecule has 0 aliphatic heterocycles. The minimum absolute atomic E-state index is 0.234. The van der Waals surface area contributed by atoms with Crippen molar-refractivity contribution in [2.45, 2.75) is 25.8 Å². The highest BCUT2D eigenvalue weighted by atomic mass is 32.2. The van der Waals surface area contributed by atoms with E-state index in [1.165, 1.54) is 0 Å². The maximum atomic E-state index is 8.90. The molecule has 0 spiro atoms. The quantitative estimate of drug-likeness (QED) is 0.605. The Morgan fingerprint density at radius 3 is 2.77 bits per heavy atom. The van der Waals surface area contributed by atoms with Gasteiger partial charge in [0.1, 0.15) is 5.54 Å². The van der Waals surface area contributed by atoms with Crippen LogP contribution in [0.4, 0.5) is 0 Å². The number of hydrogen-bond acceptors (Lipinski definition) is 4. The third-order valence-electron chi connectivity index (χ3n) is 1.65. The fraction of sp³-hybridized carbons (Fsp3) is 0.889. The molecule has 0 fully saturated rings. The topological polar surface area (TPSA) is 56.0 Å². The van der Waals surface area contributed by atoms with Gasteiger partial charge in [-0.3, -0.25) is 5.32 Å². The molecule has 0 aromatic carbocycles. The molecule has 0 aromatic heterocycles. The number of nitriles is 1. The zero-order valence-electron chi connectivity index (χ0n) is 8.34. The number of aliphatic hydroxyl groups excluding tert-OH is 1. The van der Waals surface area contributed by atoms with Crippen molar-refractivity contribution in [2.75, 3.05) is 24.7 Å². The molecule has 0 radical (unpaired) electrons. The number of nitrogens with zero attached hydrogens (tertiary/aromatic N) is 1. The van der Waals surface area contributed by atoms with Gasteiger partial charge in [0.2, 0.25) is 0 Å².